The lowest BCUT2D eigenvalue weighted by Gasteiger charge is -2.28. The summed E-state index contributed by atoms with van der Waals surface area (Å²) in [6.45, 7) is 18.8. The summed E-state index contributed by atoms with van der Waals surface area (Å²) in [7, 11) is -11.8. The van der Waals surface area contributed by atoms with Crippen LogP contribution >= 0.6 is 14.5 Å². The molecule has 0 saturated heterocycles. The summed E-state index contributed by atoms with van der Waals surface area (Å²) in [6, 6.07) is 0. The van der Waals surface area contributed by atoms with Crippen molar-refractivity contribution >= 4 is 35.3 Å². The van der Waals surface area contributed by atoms with Crippen molar-refractivity contribution in [2.24, 2.45) is 0 Å². The highest BCUT2D eigenvalue weighted by atomic mass is 32.3. The molecule has 0 aliphatic carbocycles. The zero-order chi connectivity index (χ0) is 34.4. The predicted molar refractivity (Wildman–Crippen MR) is 193 cm³/mol. The molecule has 0 saturated carbocycles. The van der Waals surface area contributed by atoms with Crippen LogP contribution in [0.25, 0.3) is 0 Å². The standard InChI is InChI=1S/2C16H36P.H2O8S2/c2*1-5-9-13-17(14-10-6-2,15-11-7-3)16-12-8-4;1-7-10(5,6)8-9(2,3)4/h2*5-16H2,1-4H3;1H,(H,2,3,4)/q2*+1;/p-2. The normalized spacial score (nSPS) is 12.3. The van der Waals surface area contributed by atoms with Gasteiger partial charge in [0.15, 0.2) is 0 Å². The van der Waals surface area contributed by atoms with Crippen LogP contribution in [0.2, 0.25) is 0 Å². The van der Waals surface area contributed by atoms with Gasteiger partial charge in [0.05, 0.1) is 49.3 Å². The Morgan fingerprint density at radius 3 is 0.705 bits per heavy atom. The van der Waals surface area contributed by atoms with Crippen LogP contribution in [-0.4, -0.2) is 70.7 Å². The van der Waals surface area contributed by atoms with Crippen LogP contribution in [0.3, 0.4) is 0 Å². The van der Waals surface area contributed by atoms with Gasteiger partial charge in [0.25, 0.3) is 0 Å². The predicted octanol–water partition coefficient (Wildman–Crippen LogP) is 9.41. The van der Waals surface area contributed by atoms with E-state index in [1.54, 1.807) is 49.3 Å². The van der Waals surface area contributed by atoms with Crippen molar-refractivity contribution in [3.63, 3.8) is 0 Å². The Morgan fingerprint density at radius 1 is 0.432 bits per heavy atom. The molecule has 0 amide bonds. The van der Waals surface area contributed by atoms with Gasteiger partial charge < -0.3 is 14.1 Å². The van der Waals surface area contributed by atoms with Gasteiger partial charge >= 0.3 is 10.4 Å². The molecule has 0 aromatic carbocycles. The van der Waals surface area contributed by atoms with E-state index in [0.717, 1.165) is 0 Å². The summed E-state index contributed by atoms with van der Waals surface area (Å²) in [5, 5.41) is 9.01. The van der Waals surface area contributed by atoms with Crippen LogP contribution in [0.15, 0.2) is 0 Å². The summed E-state index contributed by atoms with van der Waals surface area (Å²) >= 11 is 0. The summed E-state index contributed by atoms with van der Waals surface area (Å²) in [5.41, 5.74) is 0. The van der Waals surface area contributed by atoms with Crippen LogP contribution in [0.4, 0.5) is 0 Å². The summed E-state index contributed by atoms with van der Waals surface area (Å²) < 4.78 is 52.5. The second-order valence-electron chi connectivity index (χ2n) is 12.3. The molecule has 0 fully saturated rings. The molecule has 0 aromatic rings. The minimum Gasteiger partial charge on any atom is -0.725 e. The second-order valence-corrected chi connectivity index (χ2v) is 23.5. The average molecular weight is 711 g/mol. The maximum absolute atomic E-state index is 9.68. The van der Waals surface area contributed by atoms with Crippen LogP contribution < -0.4 is 5.26 Å². The first-order valence-electron chi connectivity index (χ1n) is 17.7. The van der Waals surface area contributed by atoms with E-state index in [-0.39, 0.29) is 0 Å². The fourth-order valence-corrected chi connectivity index (χ4v) is 16.9. The monoisotopic (exact) mass is 710 g/mol. The molecule has 8 nitrogen and oxygen atoms in total. The first-order chi connectivity index (χ1) is 20.8. The summed E-state index contributed by atoms with van der Waals surface area (Å²) in [5.74, 6) is 0. The van der Waals surface area contributed by atoms with Crippen molar-refractivity contribution in [1.82, 2.24) is 0 Å². The smallest absolute Gasteiger partial charge is 0.405 e. The maximum atomic E-state index is 9.68. The van der Waals surface area contributed by atoms with Crippen molar-refractivity contribution in [2.75, 3.05) is 49.3 Å². The SMILES string of the molecule is CCCC[P+](CCCC)(CCCC)CCCC.CCCC[P+](CCCC)(CCCC)CCCC.O=S(=O)([O-])OS(=O)(=O)O[O-]. The van der Waals surface area contributed by atoms with E-state index < -0.39 is 35.3 Å². The van der Waals surface area contributed by atoms with Crippen LogP contribution in [-0.2, 0) is 28.8 Å². The lowest BCUT2D eigenvalue weighted by atomic mass is 10.4. The summed E-state index contributed by atoms with van der Waals surface area (Å²) in [4.78, 5) is 0. The van der Waals surface area contributed by atoms with Crippen LogP contribution in [0.5, 0.6) is 0 Å². The highest BCUT2D eigenvalue weighted by Gasteiger charge is 2.35. The molecule has 0 aliphatic rings. The third-order valence-corrected chi connectivity index (χ3v) is 19.8. The molecule has 12 heteroatoms. The van der Waals surface area contributed by atoms with Gasteiger partial charge in [-0.15, -0.1) is 3.63 Å². The molecule has 0 N–H and O–H groups in total. The largest absolute Gasteiger partial charge is 0.725 e. The van der Waals surface area contributed by atoms with Gasteiger partial charge in [-0.2, -0.15) is 8.42 Å². The average Bonchev–Trinajstić information content (AvgIpc) is 2.99. The topological polar surface area (TPSA) is 133 Å². The lowest BCUT2D eigenvalue weighted by molar-refractivity contribution is -0.636. The van der Waals surface area contributed by atoms with Crippen molar-refractivity contribution in [2.45, 2.75) is 158 Å². The van der Waals surface area contributed by atoms with Gasteiger partial charge in [-0.1, -0.05) is 107 Å². The molecule has 0 aliphatic heterocycles. The van der Waals surface area contributed by atoms with Crippen molar-refractivity contribution < 1.29 is 34.6 Å². The fraction of sp³-hybridized carbons (Fsp3) is 1.00. The minimum atomic E-state index is -5.46. The van der Waals surface area contributed by atoms with E-state index in [2.05, 4.69) is 63.4 Å². The van der Waals surface area contributed by atoms with E-state index in [1.165, 1.54) is 103 Å². The number of rotatable bonds is 27. The Balaban J connectivity index is -0.000000594. The Morgan fingerprint density at radius 2 is 0.614 bits per heavy atom. The molecule has 0 spiro atoms. The molecule has 270 valence electrons. The fourth-order valence-electron chi connectivity index (χ4n) is 5.40. The molecule has 0 rings (SSSR count). The van der Waals surface area contributed by atoms with Crippen LogP contribution in [0, 0.1) is 0 Å². The molecule has 0 bridgehead atoms. The molecule has 0 atom stereocenters. The zero-order valence-corrected chi connectivity index (χ0v) is 33.4. The Hall–Kier alpha value is 0.600. The molecule has 0 unspecified atom stereocenters. The molecule has 44 heavy (non-hydrogen) atoms. The van der Waals surface area contributed by atoms with Crippen molar-refractivity contribution in [3.8, 4) is 0 Å². The Bertz CT molecular complexity index is 713. The van der Waals surface area contributed by atoms with Gasteiger partial charge in [-0.05, 0) is 51.4 Å². The molecule has 0 radical (unpaired) electrons. The first kappa shape index (κ1) is 49.0. The van der Waals surface area contributed by atoms with Crippen molar-refractivity contribution in [1.29, 1.82) is 0 Å². The van der Waals surface area contributed by atoms with Gasteiger partial charge in [0.1, 0.15) is 0 Å². The third-order valence-electron chi connectivity index (χ3n) is 8.14. The lowest BCUT2D eigenvalue weighted by Crippen LogP contribution is -2.20. The quantitative estimate of drug-likeness (QED) is 0.0271. The Kier molecular flexibility index (Phi) is 34.4. The summed E-state index contributed by atoms with van der Waals surface area (Å²) in [6.07, 6.45) is 35.9. The molecule has 0 heterocycles. The van der Waals surface area contributed by atoms with Gasteiger partial charge in [-0.25, -0.2) is 8.42 Å². The van der Waals surface area contributed by atoms with Crippen LogP contribution in [0.1, 0.15) is 158 Å². The zero-order valence-electron chi connectivity index (χ0n) is 29.9. The number of hydrogen-bond donors (Lipinski definition) is 0. The number of unbranched alkanes of at least 4 members (excludes halogenated alkanes) is 8. The van der Waals surface area contributed by atoms with E-state index in [1.807, 2.05) is 0 Å². The third kappa shape index (κ3) is 30.0. The van der Waals surface area contributed by atoms with E-state index >= 15 is 0 Å². The van der Waals surface area contributed by atoms with Gasteiger partial charge in [0.2, 0.25) is 10.4 Å². The first-order valence-corrected chi connectivity index (χ1v) is 25.4. The molecular formula is C32H72O8P2S2. The van der Waals surface area contributed by atoms with E-state index in [0.29, 0.717) is 0 Å². The number of hydrogen-bond acceptors (Lipinski definition) is 8. The van der Waals surface area contributed by atoms with E-state index in [4.69, 9.17) is 5.26 Å². The van der Waals surface area contributed by atoms with Gasteiger partial charge in [0, 0.05) is 14.5 Å². The Labute approximate surface area is 276 Å². The molecule has 0 aromatic heterocycles. The van der Waals surface area contributed by atoms with Gasteiger partial charge in [-0.3, -0.25) is 0 Å². The van der Waals surface area contributed by atoms with E-state index in [9.17, 15) is 21.4 Å². The molecular weight excluding hydrogens is 638 g/mol. The second kappa shape index (κ2) is 30.9. The highest BCUT2D eigenvalue weighted by Crippen LogP contribution is 2.62. The minimum absolute atomic E-state index is 0.562. The maximum Gasteiger partial charge on any atom is 0.405 e. The van der Waals surface area contributed by atoms with Crippen molar-refractivity contribution in [3.05, 3.63) is 0 Å². The highest BCUT2D eigenvalue weighted by molar-refractivity contribution is 7.94.